The number of fused-ring (bicyclic) bond motifs is 2. The van der Waals surface area contributed by atoms with Gasteiger partial charge in [-0.2, -0.15) is 0 Å². The molecule has 0 aromatic carbocycles. The van der Waals surface area contributed by atoms with Crippen molar-refractivity contribution >= 4 is 11.9 Å². The minimum Gasteiger partial charge on any atom is -0.462 e. The third-order valence-corrected chi connectivity index (χ3v) is 6.21. The number of esters is 2. The fraction of sp³-hybridized carbons (Fsp3) is 0.765. The molecule has 0 aromatic rings. The Bertz CT molecular complexity index is 610. The van der Waals surface area contributed by atoms with Gasteiger partial charge in [0.05, 0.1) is 11.5 Å². The molecule has 6 heteroatoms. The Kier molecular flexibility index (Phi) is 2.87. The van der Waals surface area contributed by atoms with E-state index in [0.29, 0.717) is 18.4 Å². The van der Waals surface area contributed by atoms with E-state index in [1.165, 1.54) is 6.92 Å². The van der Waals surface area contributed by atoms with Crippen molar-refractivity contribution in [2.75, 3.05) is 0 Å². The third-order valence-electron chi connectivity index (χ3n) is 6.21. The van der Waals surface area contributed by atoms with E-state index in [9.17, 15) is 14.7 Å². The van der Waals surface area contributed by atoms with Crippen LogP contribution in [-0.2, 0) is 23.8 Å². The number of epoxide rings is 1. The average Bonchev–Trinajstić information content (AvgIpc) is 3.02. The Morgan fingerprint density at radius 1 is 1.48 bits per heavy atom. The fourth-order valence-corrected chi connectivity index (χ4v) is 5.38. The summed E-state index contributed by atoms with van der Waals surface area (Å²) in [4.78, 5) is 23.3. The molecule has 8 atom stereocenters. The maximum Gasteiger partial charge on any atom is 0.334 e. The van der Waals surface area contributed by atoms with Crippen LogP contribution in [0.25, 0.3) is 0 Å². The summed E-state index contributed by atoms with van der Waals surface area (Å²) in [5, 5.41) is 11.0. The minimum atomic E-state index is -1.11. The molecule has 0 bridgehead atoms. The van der Waals surface area contributed by atoms with Crippen LogP contribution in [0, 0.1) is 17.8 Å². The zero-order chi connectivity index (χ0) is 16.7. The predicted octanol–water partition coefficient (Wildman–Crippen LogP) is 0.964. The van der Waals surface area contributed by atoms with E-state index in [0.717, 1.165) is 0 Å². The lowest BCUT2D eigenvalue weighted by atomic mass is 9.76. The summed E-state index contributed by atoms with van der Waals surface area (Å²) in [5.74, 6) is -0.967. The summed E-state index contributed by atoms with van der Waals surface area (Å²) in [6, 6.07) is 0. The highest BCUT2D eigenvalue weighted by molar-refractivity contribution is 5.91. The van der Waals surface area contributed by atoms with Crippen molar-refractivity contribution in [1.82, 2.24) is 0 Å². The molecule has 0 amide bonds. The van der Waals surface area contributed by atoms with Gasteiger partial charge in [0.2, 0.25) is 0 Å². The van der Waals surface area contributed by atoms with E-state index < -0.39 is 11.2 Å². The van der Waals surface area contributed by atoms with E-state index in [1.54, 1.807) is 6.92 Å². The fourth-order valence-electron chi connectivity index (χ4n) is 5.38. The summed E-state index contributed by atoms with van der Waals surface area (Å²) < 4.78 is 17.0. The minimum absolute atomic E-state index is 0.0898. The standard InChI is InChI=1S/C17H22O6/c1-7-5-10-12(8(2)15(19)22-10)14-17(23-14)13(7)11(21-9(3)18)6-16(17,4)20/h7,10-14,20H,2,5-6H2,1,3-4H3/t7-,10+,11+,12-,13+,14+,16-,17-/m1/s1. The van der Waals surface area contributed by atoms with E-state index in [1.807, 2.05) is 6.92 Å². The number of rotatable bonds is 1. The van der Waals surface area contributed by atoms with Gasteiger partial charge < -0.3 is 19.3 Å². The normalized spacial score (nSPS) is 53.7. The number of carbonyl (C=O) groups excluding carboxylic acids is 2. The molecular weight excluding hydrogens is 300 g/mol. The quantitative estimate of drug-likeness (QED) is 0.440. The van der Waals surface area contributed by atoms with Gasteiger partial charge in [0.1, 0.15) is 23.9 Å². The Hall–Kier alpha value is -1.40. The van der Waals surface area contributed by atoms with Gasteiger partial charge in [-0.1, -0.05) is 13.5 Å². The first-order valence-corrected chi connectivity index (χ1v) is 8.16. The van der Waals surface area contributed by atoms with Crippen molar-refractivity contribution in [1.29, 1.82) is 0 Å². The molecule has 126 valence electrons. The van der Waals surface area contributed by atoms with Gasteiger partial charge in [-0.05, 0) is 19.3 Å². The van der Waals surface area contributed by atoms with Gasteiger partial charge in [0.15, 0.2) is 0 Å². The number of hydrogen-bond donors (Lipinski definition) is 1. The molecule has 2 aliphatic heterocycles. The van der Waals surface area contributed by atoms with Crippen LogP contribution in [0.1, 0.15) is 33.6 Å². The van der Waals surface area contributed by atoms with Crippen molar-refractivity contribution in [2.45, 2.75) is 63.1 Å². The first kappa shape index (κ1) is 15.1. The second-order valence-electron chi connectivity index (χ2n) is 7.69. The van der Waals surface area contributed by atoms with Crippen LogP contribution in [-0.4, -0.2) is 46.6 Å². The molecule has 2 aliphatic carbocycles. The van der Waals surface area contributed by atoms with Gasteiger partial charge in [0.25, 0.3) is 0 Å². The largest absolute Gasteiger partial charge is 0.462 e. The molecule has 1 N–H and O–H groups in total. The van der Waals surface area contributed by atoms with Crippen LogP contribution >= 0.6 is 0 Å². The second-order valence-corrected chi connectivity index (χ2v) is 7.69. The Labute approximate surface area is 134 Å². The molecule has 4 rings (SSSR count). The molecule has 6 nitrogen and oxygen atoms in total. The van der Waals surface area contributed by atoms with Crippen molar-refractivity contribution in [3.8, 4) is 0 Å². The molecule has 0 unspecified atom stereocenters. The Balaban J connectivity index is 1.75. The monoisotopic (exact) mass is 322 g/mol. The summed E-state index contributed by atoms with van der Waals surface area (Å²) in [5.41, 5.74) is -1.48. The van der Waals surface area contributed by atoms with E-state index in [2.05, 4.69) is 6.58 Å². The topological polar surface area (TPSA) is 85.4 Å². The van der Waals surface area contributed by atoms with Crippen molar-refractivity contribution in [3.63, 3.8) is 0 Å². The first-order valence-electron chi connectivity index (χ1n) is 8.16. The average molecular weight is 322 g/mol. The van der Waals surface area contributed by atoms with Gasteiger partial charge in [-0.25, -0.2) is 4.79 Å². The molecule has 2 saturated heterocycles. The molecule has 2 heterocycles. The molecule has 4 aliphatic rings. The van der Waals surface area contributed by atoms with Crippen LogP contribution in [0.3, 0.4) is 0 Å². The summed E-state index contributed by atoms with van der Waals surface area (Å²) in [6.45, 7) is 9.02. The molecule has 4 fully saturated rings. The SMILES string of the molecule is C=C1C(=O)O[C@H]2C[C@@H](C)[C@H]3[C@@H](OC(C)=O)C[C@@](C)(O)[C@@]34O[C@H]4[C@H]12. The van der Waals surface area contributed by atoms with Gasteiger partial charge in [-0.15, -0.1) is 0 Å². The van der Waals surface area contributed by atoms with Crippen LogP contribution in [0.15, 0.2) is 12.2 Å². The number of aliphatic hydroxyl groups is 1. The molecular formula is C17H22O6. The number of carbonyl (C=O) groups is 2. The highest BCUT2D eigenvalue weighted by atomic mass is 16.6. The lowest BCUT2D eigenvalue weighted by Crippen LogP contribution is -2.45. The Morgan fingerprint density at radius 2 is 2.17 bits per heavy atom. The van der Waals surface area contributed by atoms with Crippen molar-refractivity contribution in [3.05, 3.63) is 12.2 Å². The maximum atomic E-state index is 11.9. The van der Waals surface area contributed by atoms with Crippen LogP contribution < -0.4 is 0 Å². The summed E-state index contributed by atoms with van der Waals surface area (Å²) in [7, 11) is 0. The highest BCUT2D eigenvalue weighted by Crippen LogP contribution is 2.67. The van der Waals surface area contributed by atoms with Gasteiger partial charge in [-0.3, -0.25) is 4.79 Å². The lowest BCUT2D eigenvalue weighted by molar-refractivity contribution is -0.149. The van der Waals surface area contributed by atoms with Gasteiger partial charge >= 0.3 is 11.9 Å². The molecule has 0 aromatic heterocycles. The summed E-state index contributed by atoms with van der Waals surface area (Å²) >= 11 is 0. The van der Waals surface area contributed by atoms with Crippen LogP contribution in [0.5, 0.6) is 0 Å². The molecule has 0 radical (unpaired) electrons. The Morgan fingerprint density at radius 3 is 2.83 bits per heavy atom. The number of hydrogen-bond acceptors (Lipinski definition) is 6. The van der Waals surface area contributed by atoms with Crippen molar-refractivity contribution in [2.24, 2.45) is 17.8 Å². The third kappa shape index (κ3) is 1.76. The van der Waals surface area contributed by atoms with Crippen LogP contribution in [0.2, 0.25) is 0 Å². The molecule has 23 heavy (non-hydrogen) atoms. The van der Waals surface area contributed by atoms with E-state index in [4.69, 9.17) is 14.2 Å². The van der Waals surface area contributed by atoms with E-state index >= 15 is 0 Å². The predicted molar refractivity (Wildman–Crippen MR) is 78.2 cm³/mol. The molecule has 2 saturated carbocycles. The maximum absolute atomic E-state index is 11.9. The summed E-state index contributed by atoms with van der Waals surface area (Å²) in [6.07, 6.45) is 0.0442. The highest BCUT2D eigenvalue weighted by Gasteiger charge is 2.81. The lowest BCUT2D eigenvalue weighted by Gasteiger charge is -2.30. The zero-order valence-corrected chi connectivity index (χ0v) is 13.6. The molecule has 1 spiro atoms. The number of ether oxygens (including phenoxy) is 3. The zero-order valence-electron chi connectivity index (χ0n) is 13.6. The first-order chi connectivity index (χ1) is 10.7. The van der Waals surface area contributed by atoms with Crippen molar-refractivity contribution < 1.29 is 28.9 Å². The van der Waals surface area contributed by atoms with Gasteiger partial charge in [0, 0.05) is 24.8 Å². The van der Waals surface area contributed by atoms with E-state index in [-0.39, 0.29) is 48.0 Å². The van der Waals surface area contributed by atoms with Crippen LogP contribution in [0.4, 0.5) is 0 Å². The second kappa shape index (κ2) is 4.36. The smallest absolute Gasteiger partial charge is 0.334 e.